The Morgan fingerprint density at radius 1 is 1.07 bits per heavy atom. The number of nitrogens with one attached hydrogen (secondary N) is 1. The molecule has 1 N–H and O–H groups in total. The maximum absolute atomic E-state index is 11.9. The van der Waals surface area contributed by atoms with Crippen LogP contribution in [0.4, 0.5) is 25.8 Å². The van der Waals surface area contributed by atoms with Gasteiger partial charge in [-0.1, -0.05) is 4.89 Å². The van der Waals surface area contributed by atoms with E-state index in [1.54, 1.807) is 0 Å². The van der Waals surface area contributed by atoms with E-state index >= 15 is 0 Å². The zero-order chi connectivity index (χ0) is 12.3. The van der Waals surface area contributed by atoms with Crippen LogP contribution in [0.3, 0.4) is 0 Å². The Hall–Kier alpha value is -0.240. The minimum absolute atomic E-state index is 0.705. The summed E-state index contributed by atoms with van der Waals surface area (Å²) in [6, 6.07) is 0. The third-order valence-corrected chi connectivity index (χ3v) is 1.58. The van der Waals surface area contributed by atoms with Gasteiger partial charge in [0.05, 0.1) is 0 Å². The molecule has 92 valence electrons. The molecule has 0 aliphatic rings. The Morgan fingerprint density at radius 2 is 1.53 bits per heavy atom. The summed E-state index contributed by atoms with van der Waals surface area (Å²) in [4.78, 5) is 0.705. The van der Waals surface area contributed by atoms with E-state index in [0.717, 1.165) is 0 Å². The average Bonchev–Trinajstić information content (AvgIpc) is 1.97. The zero-order valence-corrected chi connectivity index (χ0v) is 7.85. The quantitative estimate of drug-likeness (QED) is 0.460. The van der Waals surface area contributed by atoms with Crippen molar-refractivity contribution >= 4 is 22.7 Å². The molecule has 0 heterocycles. The maximum Gasteiger partial charge on any atom is 0.484 e. The second-order valence-electron chi connectivity index (χ2n) is 1.69. The number of hydrogen-bond acceptors (Lipinski definition) is 4. The lowest BCUT2D eigenvalue weighted by atomic mass is 10.6. The lowest BCUT2D eigenvalue weighted by molar-refractivity contribution is -0.358. The van der Waals surface area contributed by atoms with Gasteiger partial charge in [-0.05, 0) is 0 Å². The van der Waals surface area contributed by atoms with Crippen molar-refractivity contribution in [3.63, 3.8) is 0 Å². The molecule has 0 aliphatic carbocycles. The molecule has 0 aromatic carbocycles. The first kappa shape index (κ1) is 14.8. The topological polar surface area (TPSA) is 64.6 Å². The number of halogens is 6. The SMILES string of the molecule is O=S(F)ONS(=O)OC(F)(F)C(F)(F)F. The first-order chi connectivity index (χ1) is 6.56. The molecule has 0 saturated heterocycles. The smallest absolute Gasteiger partial charge is 0.209 e. The van der Waals surface area contributed by atoms with Gasteiger partial charge in [0.1, 0.15) is 0 Å². The zero-order valence-electron chi connectivity index (χ0n) is 6.22. The molecule has 2 unspecified atom stereocenters. The third-order valence-electron chi connectivity index (χ3n) is 0.678. The molecule has 0 fully saturated rings. The van der Waals surface area contributed by atoms with Gasteiger partial charge in [-0.2, -0.15) is 34.6 Å². The van der Waals surface area contributed by atoms with E-state index in [2.05, 4.69) is 8.47 Å². The molecule has 0 amide bonds. The van der Waals surface area contributed by atoms with Crippen molar-refractivity contribution in [1.29, 1.82) is 0 Å². The number of alkyl halides is 5. The van der Waals surface area contributed by atoms with E-state index in [1.807, 2.05) is 0 Å². The van der Waals surface area contributed by atoms with Gasteiger partial charge in [0.15, 0.2) is 0 Å². The number of hydrogen-bond donors (Lipinski definition) is 1. The van der Waals surface area contributed by atoms with Crippen molar-refractivity contribution in [2.45, 2.75) is 12.3 Å². The molecule has 13 heteroatoms. The van der Waals surface area contributed by atoms with Gasteiger partial charge < -0.3 is 0 Å². The van der Waals surface area contributed by atoms with Crippen LogP contribution in [-0.4, -0.2) is 20.7 Å². The minimum Gasteiger partial charge on any atom is -0.209 e. The van der Waals surface area contributed by atoms with E-state index in [0.29, 0.717) is 4.89 Å². The highest BCUT2D eigenvalue weighted by atomic mass is 32.2. The van der Waals surface area contributed by atoms with Gasteiger partial charge in [-0.15, -0.1) is 3.89 Å². The van der Waals surface area contributed by atoms with Crippen LogP contribution in [0.15, 0.2) is 0 Å². The van der Waals surface area contributed by atoms with E-state index < -0.39 is 35.0 Å². The second kappa shape index (κ2) is 5.20. The molecule has 0 aliphatic heterocycles. The summed E-state index contributed by atoms with van der Waals surface area (Å²) in [5.41, 5.74) is 0. The van der Waals surface area contributed by atoms with Crippen LogP contribution >= 0.6 is 0 Å². The van der Waals surface area contributed by atoms with Gasteiger partial charge in [-0.25, -0.2) is 4.21 Å². The summed E-state index contributed by atoms with van der Waals surface area (Å²) in [7, 11) is 0. The highest BCUT2D eigenvalue weighted by Crippen LogP contribution is 2.36. The number of rotatable bonds is 5. The summed E-state index contributed by atoms with van der Waals surface area (Å²) in [5.74, 6) is 0. The van der Waals surface area contributed by atoms with E-state index in [4.69, 9.17) is 0 Å². The van der Waals surface area contributed by atoms with Crippen LogP contribution in [0.5, 0.6) is 0 Å². The van der Waals surface area contributed by atoms with E-state index in [-0.39, 0.29) is 0 Å². The fraction of sp³-hybridized carbons (Fsp3) is 1.00. The first-order valence-corrected chi connectivity index (χ1v) is 4.68. The maximum atomic E-state index is 11.9. The summed E-state index contributed by atoms with van der Waals surface area (Å²) < 4.78 is 94.6. The van der Waals surface area contributed by atoms with E-state index in [1.165, 1.54) is 0 Å². The van der Waals surface area contributed by atoms with E-state index in [9.17, 15) is 34.3 Å². The van der Waals surface area contributed by atoms with Gasteiger partial charge in [-0.3, -0.25) is 0 Å². The Bertz CT molecular complexity index is 266. The molecule has 15 heavy (non-hydrogen) atoms. The molecule has 0 rings (SSSR count). The van der Waals surface area contributed by atoms with Crippen LogP contribution < -0.4 is 4.89 Å². The predicted octanol–water partition coefficient (Wildman–Crippen LogP) is 0.806. The molecule has 0 aromatic rings. The normalized spacial score (nSPS) is 17.5. The fourth-order valence-electron chi connectivity index (χ4n) is 0.214. The van der Waals surface area contributed by atoms with Crippen LogP contribution in [0.2, 0.25) is 0 Å². The van der Waals surface area contributed by atoms with Crippen molar-refractivity contribution < 1.29 is 42.7 Å². The van der Waals surface area contributed by atoms with Crippen molar-refractivity contribution in [1.82, 2.24) is 4.89 Å². The Balaban J connectivity index is 4.23. The summed E-state index contributed by atoms with van der Waals surface area (Å²) in [5, 5.41) is 0. The third kappa shape index (κ3) is 5.41. The van der Waals surface area contributed by atoms with Gasteiger partial charge in [0.25, 0.3) is 11.3 Å². The average molecular weight is 281 g/mol. The summed E-state index contributed by atoms with van der Waals surface area (Å²) in [6.07, 6.45) is -11.8. The molecular formula is C2HF6NO4S2. The van der Waals surface area contributed by atoms with Crippen molar-refractivity contribution in [2.75, 3.05) is 0 Å². The highest BCUT2D eigenvalue weighted by Gasteiger charge is 2.61. The molecule has 5 nitrogen and oxygen atoms in total. The van der Waals surface area contributed by atoms with Crippen molar-refractivity contribution in [2.24, 2.45) is 0 Å². The van der Waals surface area contributed by atoms with Gasteiger partial charge in [0.2, 0.25) is 0 Å². The molecule has 0 saturated carbocycles. The summed E-state index contributed by atoms with van der Waals surface area (Å²) in [6.45, 7) is 0. The minimum atomic E-state index is -6.10. The predicted molar refractivity (Wildman–Crippen MR) is 33.7 cm³/mol. The summed E-state index contributed by atoms with van der Waals surface area (Å²) >= 11 is -7.08. The lowest BCUT2D eigenvalue weighted by Crippen LogP contribution is -2.41. The molecule has 0 bridgehead atoms. The van der Waals surface area contributed by atoms with Gasteiger partial charge >= 0.3 is 23.8 Å². The molecule has 2 atom stereocenters. The van der Waals surface area contributed by atoms with Crippen molar-refractivity contribution in [3.05, 3.63) is 0 Å². The highest BCUT2D eigenvalue weighted by molar-refractivity contribution is 7.79. The van der Waals surface area contributed by atoms with Crippen LogP contribution in [0.25, 0.3) is 0 Å². The standard InChI is InChI=1S/C2HF6NO4S2/c3-1(4,5)2(6,7)12-15(11)9-13-14(8)10/h9H. The van der Waals surface area contributed by atoms with Crippen LogP contribution in [-0.2, 0) is 31.2 Å². The largest absolute Gasteiger partial charge is 0.484 e. The second-order valence-corrected chi connectivity index (χ2v) is 3.05. The van der Waals surface area contributed by atoms with Gasteiger partial charge in [0, 0.05) is 0 Å². The molecule has 0 radical (unpaired) electrons. The molecule has 0 spiro atoms. The molecular weight excluding hydrogens is 280 g/mol. The van der Waals surface area contributed by atoms with Crippen LogP contribution in [0.1, 0.15) is 0 Å². The van der Waals surface area contributed by atoms with Crippen LogP contribution in [0, 0.1) is 0 Å². The Labute approximate surface area is 83.4 Å². The monoisotopic (exact) mass is 281 g/mol. The molecule has 0 aromatic heterocycles. The first-order valence-electron chi connectivity index (χ1n) is 2.63. The fourth-order valence-corrected chi connectivity index (χ4v) is 0.969. The van der Waals surface area contributed by atoms with Crippen molar-refractivity contribution in [3.8, 4) is 0 Å². The Morgan fingerprint density at radius 3 is 1.87 bits per heavy atom. The Kier molecular flexibility index (Phi) is 5.12. The lowest BCUT2D eigenvalue weighted by Gasteiger charge is -2.17.